The predicted octanol–water partition coefficient (Wildman–Crippen LogP) is 4.17. The van der Waals surface area contributed by atoms with Crippen molar-refractivity contribution in [2.24, 2.45) is 0 Å². The lowest BCUT2D eigenvalue weighted by atomic mass is 9.86. The van der Waals surface area contributed by atoms with Gasteiger partial charge in [0, 0.05) is 35.6 Å². The second-order valence-corrected chi connectivity index (χ2v) is 9.01. The summed E-state index contributed by atoms with van der Waals surface area (Å²) in [6.07, 6.45) is 1.50. The molecule has 0 amide bonds. The molecule has 7 nitrogen and oxygen atoms in total. The van der Waals surface area contributed by atoms with Crippen molar-refractivity contribution < 1.29 is 28.9 Å². The summed E-state index contributed by atoms with van der Waals surface area (Å²) < 4.78 is 18.0. The topological polar surface area (TPSA) is 106 Å². The Labute approximate surface area is 197 Å². The van der Waals surface area contributed by atoms with E-state index in [9.17, 15) is 19.8 Å². The third-order valence-electron chi connectivity index (χ3n) is 6.26. The number of rotatable bonds is 5. The Morgan fingerprint density at radius 2 is 1.97 bits per heavy atom. The number of esters is 1. The molecular formula is C27H28O7. The normalized spacial score (nSPS) is 17.2. The van der Waals surface area contributed by atoms with Crippen molar-refractivity contribution in [3.63, 3.8) is 0 Å². The zero-order valence-electron chi connectivity index (χ0n) is 19.7. The number of fused-ring (bicyclic) bond motifs is 2. The van der Waals surface area contributed by atoms with E-state index in [4.69, 9.17) is 13.9 Å². The number of benzene rings is 2. The summed E-state index contributed by atoms with van der Waals surface area (Å²) in [5.41, 5.74) is 1.17. The Balaban J connectivity index is 1.94. The van der Waals surface area contributed by atoms with E-state index in [2.05, 4.69) is 0 Å². The summed E-state index contributed by atoms with van der Waals surface area (Å²) in [6, 6.07) is 10.8. The van der Waals surface area contributed by atoms with Crippen LogP contribution in [0.15, 0.2) is 57.3 Å². The van der Waals surface area contributed by atoms with Gasteiger partial charge in [-0.1, -0.05) is 36.4 Å². The number of phenolic OH excluding ortho intramolecular Hbond substituents is 1. The van der Waals surface area contributed by atoms with Crippen LogP contribution < -0.4 is 10.2 Å². The molecule has 1 aliphatic heterocycles. The monoisotopic (exact) mass is 464 g/mol. The van der Waals surface area contributed by atoms with Crippen molar-refractivity contribution in [2.75, 3.05) is 0 Å². The second-order valence-electron chi connectivity index (χ2n) is 9.01. The molecule has 1 aliphatic rings. The van der Waals surface area contributed by atoms with E-state index in [0.717, 1.165) is 5.56 Å². The lowest BCUT2D eigenvalue weighted by molar-refractivity contribution is -0.156. The van der Waals surface area contributed by atoms with Gasteiger partial charge in [-0.25, -0.2) is 4.79 Å². The highest BCUT2D eigenvalue weighted by molar-refractivity contribution is 5.91. The first kappa shape index (κ1) is 23.6. The molecule has 2 N–H and O–H groups in total. The summed E-state index contributed by atoms with van der Waals surface area (Å²) in [5, 5.41) is 20.8. The Hall–Kier alpha value is -3.58. The molecule has 2 aromatic carbocycles. The highest BCUT2D eigenvalue weighted by atomic mass is 16.6. The first-order valence-corrected chi connectivity index (χ1v) is 11.2. The van der Waals surface area contributed by atoms with Crippen LogP contribution in [0.4, 0.5) is 0 Å². The summed E-state index contributed by atoms with van der Waals surface area (Å²) in [7, 11) is 0. The third-order valence-corrected chi connectivity index (χ3v) is 6.26. The zero-order chi connectivity index (χ0) is 24.6. The molecule has 0 saturated carbocycles. The zero-order valence-corrected chi connectivity index (χ0v) is 19.7. The summed E-state index contributed by atoms with van der Waals surface area (Å²) >= 11 is 0. The molecule has 3 aromatic rings. The number of ether oxygens (including phenoxy) is 2. The van der Waals surface area contributed by atoms with Crippen LogP contribution >= 0.6 is 0 Å². The molecule has 0 aliphatic carbocycles. The number of allylic oxidation sites excluding steroid dienone is 1. The first-order valence-electron chi connectivity index (χ1n) is 11.2. The van der Waals surface area contributed by atoms with Crippen molar-refractivity contribution in [1.29, 1.82) is 0 Å². The van der Waals surface area contributed by atoms with Gasteiger partial charge in [-0.05, 0) is 33.3 Å². The number of aliphatic hydroxyl groups is 1. The molecule has 0 saturated heterocycles. The molecule has 1 aromatic heterocycles. The average Bonchev–Trinajstić information content (AvgIpc) is 2.81. The highest BCUT2D eigenvalue weighted by Crippen LogP contribution is 2.46. The summed E-state index contributed by atoms with van der Waals surface area (Å²) in [6.45, 7) is 6.59. The number of aliphatic hydroxyl groups excluding tert-OH is 1. The number of carbonyl (C=O) groups excluding carboxylic acids is 1. The minimum Gasteiger partial charge on any atom is -0.507 e. The van der Waals surface area contributed by atoms with Crippen LogP contribution in [0.25, 0.3) is 11.0 Å². The first-order chi connectivity index (χ1) is 16.2. The van der Waals surface area contributed by atoms with E-state index in [1.165, 1.54) is 6.07 Å². The van der Waals surface area contributed by atoms with Crippen molar-refractivity contribution in [1.82, 2.24) is 0 Å². The molecule has 0 fully saturated rings. The number of phenols is 1. The van der Waals surface area contributed by atoms with Gasteiger partial charge in [0.1, 0.15) is 46.5 Å². The molecule has 7 heteroatoms. The number of carbonyl (C=O) groups is 1. The van der Waals surface area contributed by atoms with Crippen molar-refractivity contribution in [3.05, 3.63) is 80.7 Å². The Morgan fingerprint density at radius 3 is 2.62 bits per heavy atom. The molecule has 0 radical (unpaired) electrons. The van der Waals surface area contributed by atoms with E-state index in [0.29, 0.717) is 28.9 Å². The van der Waals surface area contributed by atoms with Crippen molar-refractivity contribution >= 4 is 16.9 Å². The number of aromatic hydroxyl groups is 1. The van der Waals surface area contributed by atoms with Crippen LogP contribution in [0.2, 0.25) is 0 Å². The van der Waals surface area contributed by atoms with Gasteiger partial charge in [0.15, 0.2) is 5.43 Å². The second kappa shape index (κ2) is 8.99. The highest BCUT2D eigenvalue weighted by Gasteiger charge is 2.43. The molecule has 1 atom stereocenters. The molecule has 1 unspecified atom stereocenters. The van der Waals surface area contributed by atoms with Crippen LogP contribution in [0, 0.1) is 0 Å². The maximum atomic E-state index is 12.9. The Bertz CT molecular complexity index is 1330. The minimum atomic E-state index is -0.920. The van der Waals surface area contributed by atoms with Gasteiger partial charge in [0.2, 0.25) is 0 Å². The summed E-state index contributed by atoms with van der Waals surface area (Å²) in [5.74, 6) is -0.245. The fourth-order valence-corrected chi connectivity index (χ4v) is 4.16. The lowest BCUT2D eigenvalue weighted by Crippen LogP contribution is -2.49. The molecule has 0 spiro atoms. The van der Waals surface area contributed by atoms with Gasteiger partial charge in [-0.2, -0.15) is 0 Å². The maximum Gasteiger partial charge on any atom is 0.333 e. The average molecular weight is 465 g/mol. The van der Waals surface area contributed by atoms with E-state index in [1.807, 2.05) is 44.2 Å². The van der Waals surface area contributed by atoms with Crippen LogP contribution in [-0.2, 0) is 29.0 Å². The van der Waals surface area contributed by atoms with Crippen LogP contribution in [0.5, 0.6) is 11.5 Å². The largest absolute Gasteiger partial charge is 0.507 e. The van der Waals surface area contributed by atoms with Crippen LogP contribution in [0.1, 0.15) is 50.1 Å². The van der Waals surface area contributed by atoms with Crippen molar-refractivity contribution in [3.8, 4) is 11.5 Å². The van der Waals surface area contributed by atoms with Crippen LogP contribution in [0.3, 0.4) is 0 Å². The molecule has 34 heavy (non-hydrogen) atoms. The van der Waals surface area contributed by atoms with Gasteiger partial charge in [0.05, 0.1) is 0 Å². The van der Waals surface area contributed by atoms with Crippen LogP contribution in [-0.4, -0.2) is 27.9 Å². The molecule has 178 valence electrons. The van der Waals surface area contributed by atoms with E-state index >= 15 is 0 Å². The molecular weight excluding hydrogens is 436 g/mol. The maximum absolute atomic E-state index is 12.9. The van der Waals surface area contributed by atoms with Gasteiger partial charge >= 0.3 is 5.97 Å². The van der Waals surface area contributed by atoms with Gasteiger partial charge in [-0.3, -0.25) is 4.79 Å². The SMILES string of the molecule is CC=C(C)C(=O)OC1Cc2c(c(Cc3ccccc3)c3oc(CO)cc(=O)c3c2O)OC1(C)C. The van der Waals surface area contributed by atoms with E-state index < -0.39 is 29.7 Å². The molecule has 4 rings (SSSR count). The summed E-state index contributed by atoms with van der Waals surface area (Å²) in [4.78, 5) is 25.4. The third kappa shape index (κ3) is 4.19. The Morgan fingerprint density at radius 1 is 1.26 bits per heavy atom. The number of hydrogen-bond donors (Lipinski definition) is 2. The minimum absolute atomic E-state index is 0.0138. The Kier molecular flexibility index (Phi) is 6.23. The molecule has 2 heterocycles. The molecule has 0 bridgehead atoms. The quantitative estimate of drug-likeness (QED) is 0.431. The van der Waals surface area contributed by atoms with E-state index in [1.54, 1.807) is 19.9 Å². The lowest BCUT2D eigenvalue weighted by Gasteiger charge is -2.40. The fraction of sp³-hybridized carbons (Fsp3) is 0.333. The number of hydrogen-bond acceptors (Lipinski definition) is 7. The van der Waals surface area contributed by atoms with E-state index in [-0.39, 0.29) is 28.9 Å². The van der Waals surface area contributed by atoms with Crippen molar-refractivity contribution in [2.45, 2.75) is 58.8 Å². The smallest absolute Gasteiger partial charge is 0.333 e. The van der Waals surface area contributed by atoms with Gasteiger partial charge < -0.3 is 24.1 Å². The predicted molar refractivity (Wildman–Crippen MR) is 127 cm³/mol. The van der Waals surface area contributed by atoms with Gasteiger partial charge in [-0.15, -0.1) is 0 Å². The van der Waals surface area contributed by atoms with Gasteiger partial charge in [0.25, 0.3) is 0 Å². The fourth-order valence-electron chi connectivity index (χ4n) is 4.16. The standard InChI is InChI=1S/C27H28O7/c1-5-15(2)26(31)33-21-13-18-23(30)22-20(29)12-17(14-28)32-25(22)19(24(18)34-27(21,3)4)11-16-9-7-6-8-10-16/h5-10,12,21,28,30H,11,13-14H2,1-4H3.